The number of nitriles is 1. The summed E-state index contributed by atoms with van der Waals surface area (Å²) < 4.78 is 7.29. The van der Waals surface area contributed by atoms with Crippen LogP contribution in [0, 0.1) is 11.3 Å². The summed E-state index contributed by atoms with van der Waals surface area (Å²) >= 11 is 0. The van der Waals surface area contributed by atoms with Gasteiger partial charge in [0.15, 0.2) is 0 Å². The molecule has 2 aromatic heterocycles. The minimum atomic E-state index is -0.0141. The molecule has 8 heteroatoms. The lowest BCUT2D eigenvalue weighted by Crippen LogP contribution is -2.48. The molecule has 4 aromatic rings. The molecule has 0 spiro atoms. The van der Waals surface area contributed by atoms with Gasteiger partial charge in [-0.05, 0) is 41.0 Å². The van der Waals surface area contributed by atoms with Crippen molar-refractivity contribution in [2.24, 2.45) is 0 Å². The number of carbonyl (C=O) groups excluding carboxylic acids is 1. The number of pyridine rings is 1. The van der Waals surface area contributed by atoms with Crippen molar-refractivity contribution in [2.45, 2.75) is 6.54 Å². The van der Waals surface area contributed by atoms with Gasteiger partial charge in [0.25, 0.3) is 0 Å². The van der Waals surface area contributed by atoms with E-state index in [0.29, 0.717) is 18.7 Å². The predicted octanol–water partition coefficient (Wildman–Crippen LogP) is 4.21. The average Bonchev–Trinajstić information content (AvgIpc) is 3.44. The number of hydrogen-bond acceptors (Lipinski definition) is 6. The first-order valence-corrected chi connectivity index (χ1v) is 13.7. The van der Waals surface area contributed by atoms with Crippen LogP contribution in [0.2, 0.25) is 0 Å². The molecule has 0 saturated carbocycles. The third-order valence-corrected chi connectivity index (χ3v) is 7.84. The molecule has 0 bridgehead atoms. The Morgan fingerprint density at radius 2 is 1.65 bits per heavy atom. The van der Waals surface area contributed by atoms with Gasteiger partial charge in [-0.15, -0.1) is 0 Å². The molecule has 202 valence electrons. The zero-order chi connectivity index (χ0) is 27.5. The van der Waals surface area contributed by atoms with Gasteiger partial charge in [-0.3, -0.25) is 9.69 Å². The molecule has 2 aliphatic heterocycles. The molecule has 2 fully saturated rings. The average molecular weight is 533 g/mol. The Bertz CT molecular complexity index is 1550. The summed E-state index contributed by atoms with van der Waals surface area (Å²) in [6.07, 6.45) is 5.01. The molecule has 0 radical (unpaired) electrons. The molecule has 0 N–H and O–H groups in total. The summed E-state index contributed by atoms with van der Waals surface area (Å²) in [4.78, 5) is 18.5. The van der Waals surface area contributed by atoms with Crippen LogP contribution in [-0.4, -0.2) is 77.8 Å². The first-order chi connectivity index (χ1) is 19.6. The number of piperazine rings is 1. The maximum Gasteiger partial charge on any atom is 0.246 e. The van der Waals surface area contributed by atoms with Crippen LogP contribution >= 0.6 is 0 Å². The molecule has 6 rings (SSSR count). The second-order valence-electron chi connectivity index (χ2n) is 10.3. The van der Waals surface area contributed by atoms with E-state index in [0.717, 1.165) is 79.4 Å². The molecular weight excluding hydrogens is 500 g/mol. The number of carbonyl (C=O) groups is 1. The molecule has 2 saturated heterocycles. The van der Waals surface area contributed by atoms with E-state index in [1.807, 2.05) is 15.6 Å². The number of hydrogen-bond donors (Lipinski definition) is 0. The number of aromatic nitrogens is 2. The largest absolute Gasteiger partial charge is 0.379 e. The highest BCUT2D eigenvalue weighted by molar-refractivity contribution is 5.88. The minimum Gasteiger partial charge on any atom is -0.379 e. The van der Waals surface area contributed by atoms with E-state index >= 15 is 0 Å². The highest BCUT2D eigenvalue weighted by atomic mass is 16.5. The zero-order valence-corrected chi connectivity index (χ0v) is 22.5. The molecule has 1 amide bonds. The third-order valence-electron chi connectivity index (χ3n) is 7.84. The summed E-state index contributed by atoms with van der Waals surface area (Å²) in [6, 6.07) is 21.6. The van der Waals surface area contributed by atoms with E-state index in [4.69, 9.17) is 4.74 Å². The van der Waals surface area contributed by atoms with Gasteiger partial charge >= 0.3 is 0 Å². The van der Waals surface area contributed by atoms with Crippen molar-refractivity contribution >= 4 is 17.1 Å². The fourth-order valence-corrected chi connectivity index (χ4v) is 5.57. The Morgan fingerprint density at radius 1 is 0.950 bits per heavy atom. The maximum absolute atomic E-state index is 11.9. The van der Waals surface area contributed by atoms with Crippen LogP contribution in [-0.2, 0) is 16.1 Å². The van der Waals surface area contributed by atoms with E-state index in [9.17, 15) is 10.1 Å². The van der Waals surface area contributed by atoms with Crippen LogP contribution in [0.3, 0.4) is 0 Å². The van der Waals surface area contributed by atoms with Crippen molar-refractivity contribution in [1.82, 2.24) is 19.4 Å². The Labute approximate surface area is 234 Å². The van der Waals surface area contributed by atoms with Gasteiger partial charge in [0, 0.05) is 68.8 Å². The Hall–Kier alpha value is -4.45. The lowest BCUT2D eigenvalue weighted by molar-refractivity contribution is -0.126. The first-order valence-electron chi connectivity index (χ1n) is 13.7. The smallest absolute Gasteiger partial charge is 0.246 e. The van der Waals surface area contributed by atoms with Gasteiger partial charge in [0.05, 0.1) is 30.5 Å². The molecule has 0 atom stereocenters. The first kappa shape index (κ1) is 25.8. The lowest BCUT2D eigenvalue weighted by atomic mass is 9.98. The highest BCUT2D eigenvalue weighted by Crippen LogP contribution is 2.33. The molecule has 8 nitrogen and oxygen atoms in total. The van der Waals surface area contributed by atoms with E-state index in [1.54, 1.807) is 6.20 Å². The predicted molar refractivity (Wildman–Crippen MR) is 156 cm³/mol. The molecule has 2 aliphatic rings. The summed E-state index contributed by atoms with van der Waals surface area (Å²) in [5.74, 6) is -0.0141. The van der Waals surface area contributed by atoms with Crippen molar-refractivity contribution < 1.29 is 9.53 Å². The van der Waals surface area contributed by atoms with Crippen molar-refractivity contribution in [3.8, 4) is 28.3 Å². The number of morpholine rings is 1. The fourth-order valence-electron chi connectivity index (χ4n) is 5.57. The fraction of sp³-hybridized carbons (Fsp3) is 0.281. The Morgan fingerprint density at radius 3 is 2.33 bits per heavy atom. The van der Waals surface area contributed by atoms with Gasteiger partial charge in [-0.1, -0.05) is 43.0 Å². The lowest BCUT2D eigenvalue weighted by Gasteiger charge is -2.35. The molecule has 2 aromatic carbocycles. The van der Waals surface area contributed by atoms with Gasteiger partial charge < -0.3 is 14.5 Å². The Kier molecular flexibility index (Phi) is 7.32. The quantitative estimate of drug-likeness (QED) is 0.347. The molecule has 0 aliphatic carbocycles. The van der Waals surface area contributed by atoms with Crippen molar-refractivity contribution in [3.63, 3.8) is 0 Å². The normalized spacial score (nSPS) is 16.2. The number of ether oxygens (including phenoxy) is 1. The van der Waals surface area contributed by atoms with Gasteiger partial charge in [0.2, 0.25) is 5.91 Å². The number of nitrogens with zero attached hydrogens (tertiary/aromatic N) is 6. The van der Waals surface area contributed by atoms with Crippen molar-refractivity contribution in [1.29, 1.82) is 5.26 Å². The SMILES string of the molecule is C=CC(=O)N1CCN(c2ccc(-c3cc(-c4ccc(CN5CCOCC5)cc4)cn4ncc(C#N)c34)cc2)CC1. The summed E-state index contributed by atoms with van der Waals surface area (Å²) in [5, 5.41) is 14.3. The molecular formula is C32H32N6O2. The number of fused-ring (bicyclic) bond motifs is 1. The van der Waals surface area contributed by atoms with E-state index in [1.165, 1.54) is 11.6 Å². The van der Waals surface area contributed by atoms with Crippen LogP contribution in [0.5, 0.6) is 0 Å². The van der Waals surface area contributed by atoms with Crippen LogP contribution in [0.4, 0.5) is 5.69 Å². The van der Waals surface area contributed by atoms with E-state index < -0.39 is 0 Å². The second-order valence-corrected chi connectivity index (χ2v) is 10.3. The van der Waals surface area contributed by atoms with Crippen molar-refractivity contribution in [3.05, 3.63) is 90.8 Å². The number of anilines is 1. The van der Waals surface area contributed by atoms with E-state index in [-0.39, 0.29) is 5.91 Å². The van der Waals surface area contributed by atoms with Crippen molar-refractivity contribution in [2.75, 3.05) is 57.4 Å². The minimum absolute atomic E-state index is 0.0141. The number of amides is 1. The number of benzene rings is 2. The maximum atomic E-state index is 11.9. The molecule has 4 heterocycles. The topological polar surface area (TPSA) is 77.1 Å². The monoisotopic (exact) mass is 532 g/mol. The summed E-state index contributed by atoms with van der Waals surface area (Å²) in [5.41, 5.74) is 7.89. The Balaban J connectivity index is 1.27. The molecule has 0 unspecified atom stereocenters. The van der Waals surface area contributed by atoms with Crippen LogP contribution in [0.25, 0.3) is 27.8 Å². The van der Waals surface area contributed by atoms with Crippen LogP contribution in [0.15, 0.2) is 79.6 Å². The van der Waals surface area contributed by atoms with Gasteiger partial charge in [-0.2, -0.15) is 10.4 Å². The summed E-state index contributed by atoms with van der Waals surface area (Å²) in [6.45, 7) is 11.0. The third kappa shape index (κ3) is 5.22. The van der Waals surface area contributed by atoms with Gasteiger partial charge in [0.1, 0.15) is 6.07 Å². The van der Waals surface area contributed by atoms with Gasteiger partial charge in [-0.25, -0.2) is 4.52 Å². The summed E-state index contributed by atoms with van der Waals surface area (Å²) in [7, 11) is 0. The van der Waals surface area contributed by atoms with Crippen LogP contribution in [0.1, 0.15) is 11.1 Å². The number of rotatable bonds is 6. The standard InChI is InChI=1S/C32H32N6O2/c1-2-31(39)37-13-11-36(12-14-37)29-9-7-26(8-10-29)30-19-27(23-38-32(30)28(20-33)21-34-38)25-5-3-24(4-6-25)22-35-15-17-40-18-16-35/h2-10,19,21,23H,1,11-18,22H2. The highest BCUT2D eigenvalue weighted by Gasteiger charge is 2.20. The van der Waals surface area contributed by atoms with Crippen LogP contribution < -0.4 is 4.90 Å². The van der Waals surface area contributed by atoms with E-state index in [2.05, 4.69) is 82.1 Å². The zero-order valence-electron chi connectivity index (χ0n) is 22.5. The second kappa shape index (κ2) is 11.3. The molecule has 40 heavy (non-hydrogen) atoms.